The molecule has 0 radical (unpaired) electrons. The van der Waals surface area contributed by atoms with Crippen LogP contribution in [0.15, 0.2) is 24.3 Å². The zero-order chi connectivity index (χ0) is 12.5. The van der Waals surface area contributed by atoms with Gasteiger partial charge in [-0.05, 0) is 50.3 Å². The lowest BCUT2D eigenvalue weighted by atomic mass is 9.98. The van der Waals surface area contributed by atoms with E-state index < -0.39 is 0 Å². The molecule has 0 unspecified atom stereocenters. The van der Waals surface area contributed by atoms with Crippen LogP contribution in [0.5, 0.6) is 5.75 Å². The summed E-state index contributed by atoms with van der Waals surface area (Å²) >= 11 is 0. The summed E-state index contributed by atoms with van der Waals surface area (Å²) in [5.74, 6) is 1.04. The minimum absolute atomic E-state index is 0.463. The summed E-state index contributed by atoms with van der Waals surface area (Å²) in [5.41, 5.74) is 1.28. The number of aryl methyl sites for hydroxylation is 1. The smallest absolute Gasteiger partial charge is 0.119 e. The Balaban J connectivity index is 0.000000437. The minimum atomic E-state index is 0.463. The molecule has 2 rings (SSSR count). The highest BCUT2D eigenvalue weighted by atomic mass is 16.5. The van der Waals surface area contributed by atoms with E-state index in [2.05, 4.69) is 45.0 Å². The van der Waals surface area contributed by atoms with Crippen LogP contribution in [0.4, 0.5) is 0 Å². The molecular weight excluding hydrogens is 208 g/mol. The summed E-state index contributed by atoms with van der Waals surface area (Å²) in [6, 6.07) is 8.34. The van der Waals surface area contributed by atoms with E-state index in [9.17, 15) is 0 Å². The van der Waals surface area contributed by atoms with E-state index in [-0.39, 0.29) is 0 Å². The van der Waals surface area contributed by atoms with Gasteiger partial charge < -0.3 is 4.74 Å². The van der Waals surface area contributed by atoms with E-state index >= 15 is 0 Å². The molecule has 0 N–H and O–H groups in total. The van der Waals surface area contributed by atoms with Crippen molar-refractivity contribution in [3.8, 4) is 5.75 Å². The molecule has 96 valence electrons. The van der Waals surface area contributed by atoms with Crippen molar-refractivity contribution in [3.63, 3.8) is 0 Å². The average Bonchev–Trinajstić information content (AvgIpc) is 2.31. The van der Waals surface area contributed by atoms with Gasteiger partial charge in [0.15, 0.2) is 0 Å². The van der Waals surface area contributed by atoms with Crippen LogP contribution in [-0.4, -0.2) is 6.10 Å². The summed E-state index contributed by atoms with van der Waals surface area (Å²) < 4.78 is 5.94. The Morgan fingerprint density at radius 2 is 1.76 bits per heavy atom. The molecule has 1 aromatic rings. The molecule has 1 fully saturated rings. The van der Waals surface area contributed by atoms with Gasteiger partial charge in [-0.3, -0.25) is 0 Å². The lowest BCUT2D eigenvalue weighted by molar-refractivity contribution is 0.155. The van der Waals surface area contributed by atoms with Crippen molar-refractivity contribution in [2.24, 2.45) is 0 Å². The van der Waals surface area contributed by atoms with E-state index in [1.807, 2.05) is 0 Å². The first kappa shape index (κ1) is 14.1. The highest BCUT2D eigenvalue weighted by Crippen LogP contribution is 2.23. The molecule has 1 nitrogen and oxygen atoms in total. The minimum Gasteiger partial charge on any atom is -0.490 e. The van der Waals surface area contributed by atoms with E-state index in [4.69, 9.17) is 4.74 Å². The Labute approximate surface area is 106 Å². The van der Waals surface area contributed by atoms with Gasteiger partial charge in [-0.1, -0.05) is 38.8 Å². The molecule has 0 amide bonds. The Hall–Kier alpha value is -0.980. The van der Waals surface area contributed by atoms with E-state index in [0.717, 1.165) is 5.75 Å². The Bertz CT molecular complexity index is 300. The summed E-state index contributed by atoms with van der Waals surface area (Å²) in [5, 5.41) is 0. The first-order valence-electron chi connectivity index (χ1n) is 6.99. The number of ether oxygens (including phenoxy) is 1. The number of rotatable bonds is 2. The predicted molar refractivity (Wildman–Crippen MR) is 74.6 cm³/mol. The zero-order valence-electron chi connectivity index (χ0n) is 11.5. The lowest BCUT2D eigenvalue weighted by Gasteiger charge is -2.23. The van der Waals surface area contributed by atoms with Crippen molar-refractivity contribution >= 4 is 0 Å². The fourth-order valence-electron chi connectivity index (χ4n) is 2.06. The SMILES string of the molecule is CCC.Cc1cccc(OC2CCCCC2)c1. The van der Waals surface area contributed by atoms with Crippen molar-refractivity contribution in [2.75, 3.05) is 0 Å². The van der Waals surface area contributed by atoms with Gasteiger partial charge in [0.1, 0.15) is 5.75 Å². The monoisotopic (exact) mass is 234 g/mol. The van der Waals surface area contributed by atoms with Crippen molar-refractivity contribution < 1.29 is 4.74 Å². The number of hydrogen-bond acceptors (Lipinski definition) is 1. The third-order valence-corrected chi connectivity index (χ3v) is 2.84. The fraction of sp³-hybridized carbons (Fsp3) is 0.625. The van der Waals surface area contributed by atoms with Crippen LogP contribution in [0.1, 0.15) is 57.9 Å². The second kappa shape index (κ2) is 8.16. The molecule has 0 heterocycles. The second-order valence-electron chi connectivity index (χ2n) is 4.90. The summed E-state index contributed by atoms with van der Waals surface area (Å²) in [7, 11) is 0. The maximum atomic E-state index is 5.94. The maximum Gasteiger partial charge on any atom is 0.119 e. The van der Waals surface area contributed by atoms with Crippen LogP contribution in [0.2, 0.25) is 0 Å². The molecule has 0 aromatic heterocycles. The molecule has 1 aromatic carbocycles. The predicted octanol–water partition coefficient (Wildman–Crippen LogP) is 5.12. The van der Waals surface area contributed by atoms with Crippen molar-refractivity contribution in [1.82, 2.24) is 0 Å². The molecule has 0 spiro atoms. The van der Waals surface area contributed by atoms with Gasteiger partial charge in [0.05, 0.1) is 6.10 Å². The topological polar surface area (TPSA) is 9.23 Å². The average molecular weight is 234 g/mol. The van der Waals surface area contributed by atoms with E-state index in [0.29, 0.717) is 6.10 Å². The molecule has 1 saturated carbocycles. The first-order valence-corrected chi connectivity index (χ1v) is 6.99. The summed E-state index contributed by atoms with van der Waals surface area (Å²) in [6.45, 7) is 6.35. The van der Waals surface area contributed by atoms with Gasteiger partial charge in [0, 0.05) is 0 Å². The van der Waals surface area contributed by atoms with Gasteiger partial charge in [-0.2, -0.15) is 0 Å². The largest absolute Gasteiger partial charge is 0.490 e. The van der Waals surface area contributed by atoms with Gasteiger partial charge in [0.25, 0.3) is 0 Å². The molecule has 0 saturated heterocycles. The standard InChI is InChI=1S/C13H18O.C3H8/c1-11-6-5-9-13(10-11)14-12-7-3-2-4-8-12;1-3-2/h5-6,9-10,12H,2-4,7-8H2,1H3;3H2,1-2H3. The van der Waals surface area contributed by atoms with Crippen LogP contribution in [0.25, 0.3) is 0 Å². The third-order valence-electron chi connectivity index (χ3n) is 2.84. The molecule has 0 aliphatic heterocycles. The summed E-state index contributed by atoms with van der Waals surface area (Å²) in [6.07, 6.45) is 8.22. The molecule has 1 aliphatic carbocycles. The normalized spacial score (nSPS) is 15.9. The second-order valence-corrected chi connectivity index (χ2v) is 4.90. The van der Waals surface area contributed by atoms with Crippen LogP contribution in [0.3, 0.4) is 0 Å². The van der Waals surface area contributed by atoms with Crippen LogP contribution in [0, 0.1) is 6.92 Å². The fourth-order valence-corrected chi connectivity index (χ4v) is 2.06. The van der Waals surface area contributed by atoms with E-state index in [1.54, 1.807) is 0 Å². The molecule has 1 aliphatic rings. The van der Waals surface area contributed by atoms with Crippen molar-refractivity contribution in [3.05, 3.63) is 29.8 Å². The quantitative estimate of drug-likeness (QED) is 0.690. The number of benzene rings is 1. The van der Waals surface area contributed by atoms with Crippen molar-refractivity contribution in [1.29, 1.82) is 0 Å². The summed E-state index contributed by atoms with van der Waals surface area (Å²) in [4.78, 5) is 0. The highest BCUT2D eigenvalue weighted by molar-refractivity contribution is 5.27. The van der Waals surface area contributed by atoms with Crippen molar-refractivity contribution in [2.45, 2.75) is 65.4 Å². The molecular formula is C16H26O. The third kappa shape index (κ3) is 5.76. The van der Waals surface area contributed by atoms with E-state index in [1.165, 1.54) is 44.1 Å². The molecule has 0 atom stereocenters. The van der Waals surface area contributed by atoms with Gasteiger partial charge in [0.2, 0.25) is 0 Å². The molecule has 0 bridgehead atoms. The lowest BCUT2D eigenvalue weighted by Crippen LogP contribution is -2.19. The zero-order valence-corrected chi connectivity index (χ0v) is 11.5. The van der Waals surface area contributed by atoms with Crippen LogP contribution >= 0.6 is 0 Å². The first-order chi connectivity index (χ1) is 8.26. The Morgan fingerprint density at radius 3 is 2.35 bits per heavy atom. The Morgan fingerprint density at radius 1 is 1.12 bits per heavy atom. The highest BCUT2D eigenvalue weighted by Gasteiger charge is 2.14. The van der Waals surface area contributed by atoms with Gasteiger partial charge >= 0.3 is 0 Å². The maximum absolute atomic E-state index is 5.94. The Kier molecular flexibility index (Phi) is 6.76. The van der Waals surface area contributed by atoms with Crippen LogP contribution < -0.4 is 4.74 Å². The number of hydrogen-bond donors (Lipinski definition) is 0. The van der Waals surface area contributed by atoms with Crippen LogP contribution in [-0.2, 0) is 0 Å². The van der Waals surface area contributed by atoms with Gasteiger partial charge in [-0.15, -0.1) is 0 Å². The molecule has 1 heteroatoms. The molecule has 17 heavy (non-hydrogen) atoms. The van der Waals surface area contributed by atoms with Gasteiger partial charge in [-0.25, -0.2) is 0 Å².